The summed E-state index contributed by atoms with van der Waals surface area (Å²) in [7, 11) is 0. The Morgan fingerprint density at radius 1 is 0.960 bits per heavy atom. The third-order valence-corrected chi connectivity index (χ3v) is 2.89. The zero-order valence-electron chi connectivity index (χ0n) is 17.6. The van der Waals surface area contributed by atoms with Gasteiger partial charge in [-0.25, -0.2) is 4.79 Å². The van der Waals surface area contributed by atoms with E-state index in [4.69, 9.17) is 4.74 Å². The highest BCUT2D eigenvalue weighted by molar-refractivity contribution is 5.79. The highest BCUT2D eigenvalue weighted by Gasteiger charge is 2.24. The number of amides is 1. The summed E-state index contributed by atoms with van der Waals surface area (Å²) in [6.45, 7) is 20.6. The van der Waals surface area contributed by atoms with Crippen LogP contribution in [-0.4, -0.2) is 54.9 Å². The number of rotatable bonds is 7. The molecule has 0 bridgehead atoms. The minimum atomic E-state index is -0.514. The Bertz CT molecular complexity index is 434. The standard InChI is InChI=1S/C18H39N5O2/c1-10-19-14(20-11-12-22-16(2,3)4)21-13-18(8,9)23-15(24)25-17(5,6)7/h22H,10-13H2,1-9H3,(H,23,24)(H2,19,20,21). The first-order valence-corrected chi connectivity index (χ1v) is 9.02. The number of hydrogen-bond donors (Lipinski definition) is 4. The van der Waals surface area contributed by atoms with Crippen molar-refractivity contribution in [2.45, 2.75) is 79.0 Å². The molecule has 0 aliphatic heterocycles. The molecule has 0 aliphatic rings. The van der Waals surface area contributed by atoms with Crippen molar-refractivity contribution in [2.75, 3.05) is 26.2 Å². The van der Waals surface area contributed by atoms with Gasteiger partial charge < -0.3 is 26.0 Å². The molecule has 148 valence electrons. The van der Waals surface area contributed by atoms with Gasteiger partial charge in [0.2, 0.25) is 0 Å². The van der Waals surface area contributed by atoms with Crippen molar-refractivity contribution >= 4 is 12.1 Å². The summed E-state index contributed by atoms with van der Waals surface area (Å²) in [5, 5.41) is 12.8. The SMILES string of the molecule is CCNC(=NCC(C)(C)NC(=O)OC(C)(C)C)NCCNC(C)(C)C. The first kappa shape index (κ1) is 23.5. The minimum absolute atomic E-state index is 0.0937. The summed E-state index contributed by atoms with van der Waals surface area (Å²) in [4.78, 5) is 16.5. The van der Waals surface area contributed by atoms with E-state index >= 15 is 0 Å². The van der Waals surface area contributed by atoms with Gasteiger partial charge in [-0.2, -0.15) is 0 Å². The summed E-state index contributed by atoms with van der Waals surface area (Å²) in [6, 6.07) is 0. The number of guanidine groups is 1. The lowest BCUT2D eigenvalue weighted by atomic mass is 10.1. The van der Waals surface area contributed by atoms with E-state index in [0.717, 1.165) is 25.6 Å². The van der Waals surface area contributed by atoms with E-state index < -0.39 is 17.2 Å². The van der Waals surface area contributed by atoms with Gasteiger partial charge in [-0.1, -0.05) is 0 Å². The summed E-state index contributed by atoms with van der Waals surface area (Å²) >= 11 is 0. The van der Waals surface area contributed by atoms with Crippen LogP contribution in [0.3, 0.4) is 0 Å². The quantitative estimate of drug-likeness (QED) is 0.319. The number of alkyl carbamates (subject to hydrolysis) is 1. The third kappa shape index (κ3) is 14.5. The fourth-order valence-electron chi connectivity index (χ4n) is 1.86. The van der Waals surface area contributed by atoms with Crippen molar-refractivity contribution < 1.29 is 9.53 Å². The van der Waals surface area contributed by atoms with Gasteiger partial charge in [-0.05, 0) is 62.3 Å². The normalized spacial score (nSPS) is 13.4. The fourth-order valence-corrected chi connectivity index (χ4v) is 1.86. The van der Waals surface area contributed by atoms with Crippen LogP contribution in [0.25, 0.3) is 0 Å². The summed E-state index contributed by atoms with van der Waals surface area (Å²) in [5.74, 6) is 0.734. The maximum absolute atomic E-state index is 11.9. The lowest BCUT2D eigenvalue weighted by Gasteiger charge is -2.27. The van der Waals surface area contributed by atoms with Crippen molar-refractivity contribution in [3.8, 4) is 0 Å². The molecule has 7 heteroatoms. The van der Waals surface area contributed by atoms with Gasteiger partial charge in [0, 0.05) is 25.2 Å². The summed E-state index contributed by atoms with van der Waals surface area (Å²) < 4.78 is 5.30. The molecule has 0 aliphatic carbocycles. The largest absolute Gasteiger partial charge is 0.444 e. The molecule has 0 aromatic heterocycles. The Morgan fingerprint density at radius 2 is 1.56 bits per heavy atom. The van der Waals surface area contributed by atoms with Crippen LogP contribution in [0, 0.1) is 0 Å². The molecule has 0 saturated heterocycles. The average molecular weight is 358 g/mol. The smallest absolute Gasteiger partial charge is 0.408 e. The molecule has 0 heterocycles. The lowest BCUT2D eigenvalue weighted by Crippen LogP contribution is -2.49. The zero-order chi connectivity index (χ0) is 19.7. The maximum Gasteiger partial charge on any atom is 0.408 e. The van der Waals surface area contributed by atoms with Crippen molar-refractivity contribution in [1.82, 2.24) is 21.3 Å². The fraction of sp³-hybridized carbons (Fsp3) is 0.889. The van der Waals surface area contributed by atoms with E-state index in [1.54, 1.807) is 0 Å². The number of ether oxygens (including phenoxy) is 1. The maximum atomic E-state index is 11.9. The van der Waals surface area contributed by atoms with Crippen LogP contribution in [0.15, 0.2) is 4.99 Å². The monoisotopic (exact) mass is 357 g/mol. The Labute approximate surface area is 153 Å². The molecule has 25 heavy (non-hydrogen) atoms. The van der Waals surface area contributed by atoms with E-state index in [1.165, 1.54) is 0 Å². The third-order valence-electron chi connectivity index (χ3n) is 2.89. The van der Waals surface area contributed by atoms with Gasteiger partial charge in [0.05, 0.1) is 12.1 Å². The first-order chi connectivity index (χ1) is 11.2. The molecule has 1 amide bonds. The molecule has 7 nitrogen and oxygen atoms in total. The van der Waals surface area contributed by atoms with Gasteiger partial charge in [-0.15, -0.1) is 0 Å². The molecule has 4 N–H and O–H groups in total. The highest BCUT2D eigenvalue weighted by atomic mass is 16.6. The molecule has 0 radical (unpaired) electrons. The van der Waals surface area contributed by atoms with E-state index in [0.29, 0.717) is 6.54 Å². The number of nitrogens with zero attached hydrogens (tertiary/aromatic N) is 1. The molecule has 0 atom stereocenters. The van der Waals surface area contributed by atoms with Crippen LogP contribution in [-0.2, 0) is 4.74 Å². The molecule has 0 fully saturated rings. The van der Waals surface area contributed by atoms with Gasteiger partial charge in [0.15, 0.2) is 5.96 Å². The van der Waals surface area contributed by atoms with E-state index in [1.807, 2.05) is 41.5 Å². The summed E-state index contributed by atoms with van der Waals surface area (Å²) in [6.07, 6.45) is -0.431. The molecule has 0 spiro atoms. The van der Waals surface area contributed by atoms with Crippen LogP contribution in [0.5, 0.6) is 0 Å². The Kier molecular flexibility index (Phi) is 9.26. The molecule has 0 aromatic rings. The number of carbonyl (C=O) groups is 1. The van der Waals surface area contributed by atoms with Crippen LogP contribution in [0.1, 0.15) is 62.3 Å². The van der Waals surface area contributed by atoms with Crippen molar-refractivity contribution in [2.24, 2.45) is 4.99 Å². The molecular weight excluding hydrogens is 318 g/mol. The topological polar surface area (TPSA) is 86.8 Å². The number of nitrogens with one attached hydrogen (secondary N) is 4. The van der Waals surface area contributed by atoms with Crippen molar-refractivity contribution in [3.63, 3.8) is 0 Å². The Hall–Kier alpha value is -1.50. The predicted molar refractivity (Wildman–Crippen MR) is 105 cm³/mol. The Balaban J connectivity index is 4.53. The van der Waals surface area contributed by atoms with Crippen LogP contribution < -0.4 is 21.3 Å². The van der Waals surface area contributed by atoms with Crippen LogP contribution in [0.4, 0.5) is 4.79 Å². The minimum Gasteiger partial charge on any atom is -0.444 e. The number of aliphatic imine (C=N–C) groups is 1. The first-order valence-electron chi connectivity index (χ1n) is 9.02. The number of carbonyl (C=O) groups excluding carboxylic acids is 1. The van der Waals surface area contributed by atoms with E-state index in [-0.39, 0.29) is 5.54 Å². The highest BCUT2D eigenvalue weighted by Crippen LogP contribution is 2.09. The predicted octanol–water partition coefficient (Wildman–Crippen LogP) is 2.23. The molecular formula is C18H39N5O2. The van der Waals surface area contributed by atoms with Crippen molar-refractivity contribution in [1.29, 1.82) is 0 Å². The van der Waals surface area contributed by atoms with Gasteiger partial charge in [0.25, 0.3) is 0 Å². The van der Waals surface area contributed by atoms with Crippen molar-refractivity contribution in [3.05, 3.63) is 0 Å². The average Bonchev–Trinajstić information content (AvgIpc) is 2.36. The Morgan fingerprint density at radius 3 is 2.04 bits per heavy atom. The zero-order valence-corrected chi connectivity index (χ0v) is 17.6. The molecule has 0 aromatic carbocycles. The van der Waals surface area contributed by atoms with Crippen LogP contribution >= 0.6 is 0 Å². The number of hydrogen-bond acceptors (Lipinski definition) is 4. The molecule has 0 unspecified atom stereocenters. The summed E-state index contributed by atoms with van der Waals surface area (Å²) in [5.41, 5.74) is -0.926. The van der Waals surface area contributed by atoms with Gasteiger partial charge >= 0.3 is 6.09 Å². The van der Waals surface area contributed by atoms with Crippen LogP contribution in [0.2, 0.25) is 0 Å². The second kappa shape index (κ2) is 9.85. The van der Waals surface area contributed by atoms with E-state index in [9.17, 15) is 4.79 Å². The lowest BCUT2D eigenvalue weighted by molar-refractivity contribution is 0.0476. The molecule has 0 rings (SSSR count). The second-order valence-corrected chi connectivity index (χ2v) is 8.81. The van der Waals surface area contributed by atoms with E-state index in [2.05, 4.69) is 47.0 Å². The molecule has 0 saturated carbocycles. The van der Waals surface area contributed by atoms with Gasteiger partial charge in [0.1, 0.15) is 5.60 Å². The van der Waals surface area contributed by atoms with Gasteiger partial charge in [-0.3, -0.25) is 4.99 Å². The second-order valence-electron chi connectivity index (χ2n) is 8.81.